The zero-order valence-electron chi connectivity index (χ0n) is 16.2. The average Bonchev–Trinajstić information content (AvgIpc) is 2.69. The molecule has 0 aliphatic heterocycles. The number of benzene rings is 2. The van der Waals surface area contributed by atoms with Crippen LogP contribution < -0.4 is 16.6 Å². The van der Waals surface area contributed by atoms with Gasteiger partial charge in [-0.3, -0.25) is 20.4 Å². The molecule has 0 spiro atoms. The average molecular weight is 398 g/mol. The standard InChI is InChI=1S/C22H27N3O2S/c1-2-3-4-5-6-16-7-9-17(10-8-16)18-11-13-19(14-12-18)22(27)25-24-21(28)15-20(23)26/h7-14H,2-6,15H2,1H3,(H2,23,26)(H,24,28)(H,25,27). The van der Waals surface area contributed by atoms with Gasteiger partial charge in [-0.05, 0) is 41.7 Å². The van der Waals surface area contributed by atoms with Crippen LogP contribution in [0.1, 0.15) is 54.9 Å². The number of aryl methyl sites for hydroxylation is 1. The normalized spacial score (nSPS) is 10.3. The summed E-state index contributed by atoms with van der Waals surface area (Å²) < 4.78 is 0. The van der Waals surface area contributed by atoms with Crippen molar-refractivity contribution in [3.05, 3.63) is 59.7 Å². The summed E-state index contributed by atoms with van der Waals surface area (Å²) in [6, 6.07) is 15.9. The molecule has 2 amide bonds. The van der Waals surface area contributed by atoms with E-state index < -0.39 is 5.91 Å². The van der Waals surface area contributed by atoms with Crippen LogP contribution in [0.15, 0.2) is 48.5 Å². The van der Waals surface area contributed by atoms with Gasteiger partial charge in [0.1, 0.15) is 4.99 Å². The third-order valence-electron chi connectivity index (χ3n) is 4.40. The Morgan fingerprint density at radius 2 is 1.50 bits per heavy atom. The van der Waals surface area contributed by atoms with Gasteiger partial charge in [-0.1, -0.05) is 74.8 Å². The molecule has 0 heterocycles. The van der Waals surface area contributed by atoms with Crippen LogP contribution in [0, 0.1) is 0 Å². The second kappa shape index (κ2) is 11.2. The van der Waals surface area contributed by atoms with Crippen molar-refractivity contribution in [2.75, 3.05) is 0 Å². The molecule has 0 unspecified atom stereocenters. The maximum absolute atomic E-state index is 12.1. The van der Waals surface area contributed by atoms with Crippen LogP contribution in [-0.2, 0) is 11.2 Å². The largest absolute Gasteiger partial charge is 0.369 e. The monoisotopic (exact) mass is 397 g/mol. The molecule has 5 nitrogen and oxygen atoms in total. The number of carbonyl (C=O) groups is 2. The van der Waals surface area contributed by atoms with Gasteiger partial charge in [0.15, 0.2) is 0 Å². The van der Waals surface area contributed by atoms with E-state index in [1.807, 2.05) is 12.1 Å². The number of amides is 2. The summed E-state index contributed by atoms with van der Waals surface area (Å²) >= 11 is 4.91. The molecular weight excluding hydrogens is 370 g/mol. The van der Waals surface area contributed by atoms with Gasteiger partial charge in [0, 0.05) is 5.56 Å². The lowest BCUT2D eigenvalue weighted by atomic mass is 10.00. The second-order valence-electron chi connectivity index (χ2n) is 6.73. The van der Waals surface area contributed by atoms with Gasteiger partial charge < -0.3 is 5.73 Å². The minimum atomic E-state index is -0.553. The molecule has 6 heteroatoms. The summed E-state index contributed by atoms with van der Waals surface area (Å²) in [5.74, 6) is -0.885. The van der Waals surface area contributed by atoms with Gasteiger partial charge in [-0.15, -0.1) is 0 Å². The molecule has 0 saturated heterocycles. The maximum atomic E-state index is 12.1. The SMILES string of the molecule is CCCCCCc1ccc(-c2ccc(C(=O)NNC(=S)CC(N)=O)cc2)cc1. The molecule has 0 aromatic heterocycles. The van der Waals surface area contributed by atoms with E-state index in [4.69, 9.17) is 18.0 Å². The van der Waals surface area contributed by atoms with Gasteiger partial charge in [0.2, 0.25) is 5.91 Å². The molecule has 4 N–H and O–H groups in total. The van der Waals surface area contributed by atoms with Crippen molar-refractivity contribution < 1.29 is 9.59 Å². The molecule has 0 aliphatic carbocycles. The number of hydrazine groups is 1. The molecule has 148 valence electrons. The highest BCUT2D eigenvalue weighted by Gasteiger charge is 2.08. The number of rotatable bonds is 9. The zero-order chi connectivity index (χ0) is 20.4. The lowest BCUT2D eigenvalue weighted by Gasteiger charge is -2.09. The summed E-state index contributed by atoms with van der Waals surface area (Å²) in [5, 5.41) is 0. The number of hydrogen-bond acceptors (Lipinski definition) is 3. The summed E-state index contributed by atoms with van der Waals surface area (Å²) in [5.41, 5.74) is 14.0. The fourth-order valence-corrected chi connectivity index (χ4v) is 3.03. The fraction of sp³-hybridized carbons (Fsp3) is 0.318. The predicted octanol–water partition coefficient (Wildman–Crippen LogP) is 3.91. The minimum absolute atomic E-state index is 0.108. The maximum Gasteiger partial charge on any atom is 0.269 e. The molecule has 0 atom stereocenters. The van der Waals surface area contributed by atoms with Crippen LogP contribution in [0.25, 0.3) is 11.1 Å². The van der Waals surface area contributed by atoms with E-state index in [1.165, 1.54) is 31.2 Å². The molecular formula is C22H27N3O2S. The quantitative estimate of drug-likeness (QED) is 0.340. The molecule has 0 saturated carbocycles. The van der Waals surface area contributed by atoms with E-state index in [0.717, 1.165) is 17.5 Å². The Bertz CT molecular complexity index is 802. The van der Waals surface area contributed by atoms with Crippen molar-refractivity contribution in [2.45, 2.75) is 45.4 Å². The molecule has 0 radical (unpaired) electrons. The molecule has 2 aromatic rings. The van der Waals surface area contributed by atoms with Gasteiger partial charge >= 0.3 is 0 Å². The molecule has 2 aromatic carbocycles. The smallest absolute Gasteiger partial charge is 0.269 e. The summed E-state index contributed by atoms with van der Waals surface area (Å²) in [4.78, 5) is 23.1. The Labute approximate surface area is 171 Å². The molecule has 0 fully saturated rings. The van der Waals surface area contributed by atoms with Gasteiger partial charge in [-0.25, -0.2) is 0 Å². The highest BCUT2D eigenvalue weighted by Crippen LogP contribution is 2.21. The number of hydrogen-bond donors (Lipinski definition) is 3. The molecule has 28 heavy (non-hydrogen) atoms. The Hall–Kier alpha value is -2.73. The van der Waals surface area contributed by atoms with Gasteiger partial charge in [0.05, 0.1) is 6.42 Å². The van der Waals surface area contributed by atoms with E-state index in [9.17, 15) is 9.59 Å². The van der Waals surface area contributed by atoms with E-state index in [2.05, 4.69) is 42.0 Å². The summed E-state index contributed by atoms with van der Waals surface area (Å²) in [7, 11) is 0. The third-order valence-corrected chi connectivity index (χ3v) is 4.65. The van der Waals surface area contributed by atoms with E-state index in [0.29, 0.717) is 5.56 Å². The van der Waals surface area contributed by atoms with Crippen molar-refractivity contribution in [1.29, 1.82) is 0 Å². The van der Waals surface area contributed by atoms with Crippen LogP contribution >= 0.6 is 12.2 Å². The van der Waals surface area contributed by atoms with E-state index in [-0.39, 0.29) is 17.3 Å². The molecule has 2 rings (SSSR count). The van der Waals surface area contributed by atoms with Crippen LogP contribution in [0.5, 0.6) is 0 Å². The van der Waals surface area contributed by atoms with E-state index >= 15 is 0 Å². The zero-order valence-corrected chi connectivity index (χ0v) is 17.0. The number of thiocarbonyl (C=S) groups is 1. The first-order valence-electron chi connectivity index (χ1n) is 9.56. The fourth-order valence-electron chi connectivity index (χ4n) is 2.83. The van der Waals surface area contributed by atoms with Gasteiger partial charge in [0.25, 0.3) is 5.91 Å². The van der Waals surface area contributed by atoms with Crippen molar-refractivity contribution >= 4 is 29.0 Å². The van der Waals surface area contributed by atoms with Crippen LogP contribution in [0.2, 0.25) is 0 Å². The van der Waals surface area contributed by atoms with Crippen molar-refractivity contribution in [1.82, 2.24) is 10.9 Å². The topological polar surface area (TPSA) is 84.2 Å². The summed E-state index contributed by atoms with van der Waals surface area (Å²) in [6.45, 7) is 2.22. The van der Waals surface area contributed by atoms with Crippen molar-refractivity contribution in [3.63, 3.8) is 0 Å². The van der Waals surface area contributed by atoms with Crippen LogP contribution in [0.3, 0.4) is 0 Å². The van der Waals surface area contributed by atoms with E-state index in [1.54, 1.807) is 12.1 Å². The Balaban J connectivity index is 1.90. The van der Waals surface area contributed by atoms with Crippen molar-refractivity contribution in [3.8, 4) is 11.1 Å². The Morgan fingerprint density at radius 1 is 0.893 bits per heavy atom. The number of nitrogens with one attached hydrogen (secondary N) is 2. The number of primary amides is 1. The van der Waals surface area contributed by atoms with Gasteiger partial charge in [-0.2, -0.15) is 0 Å². The lowest BCUT2D eigenvalue weighted by Crippen LogP contribution is -2.42. The molecule has 0 bridgehead atoms. The Morgan fingerprint density at radius 3 is 2.07 bits per heavy atom. The lowest BCUT2D eigenvalue weighted by molar-refractivity contribution is -0.116. The highest BCUT2D eigenvalue weighted by atomic mass is 32.1. The number of carbonyl (C=O) groups excluding carboxylic acids is 2. The number of unbranched alkanes of at least 4 members (excludes halogenated alkanes) is 3. The van der Waals surface area contributed by atoms with Crippen molar-refractivity contribution in [2.24, 2.45) is 5.73 Å². The highest BCUT2D eigenvalue weighted by molar-refractivity contribution is 7.80. The molecule has 0 aliphatic rings. The predicted molar refractivity (Wildman–Crippen MR) is 117 cm³/mol. The number of nitrogens with two attached hydrogens (primary N) is 1. The minimum Gasteiger partial charge on any atom is -0.369 e. The first-order chi connectivity index (χ1) is 13.5. The Kier molecular flexibility index (Phi) is 8.62. The van der Waals surface area contributed by atoms with Crippen LogP contribution in [-0.4, -0.2) is 16.8 Å². The first-order valence-corrected chi connectivity index (χ1v) is 9.97. The third kappa shape index (κ3) is 7.12. The first kappa shape index (κ1) is 21.6. The second-order valence-corrected chi connectivity index (χ2v) is 7.22. The summed E-state index contributed by atoms with van der Waals surface area (Å²) in [6.07, 6.45) is 6.07. The van der Waals surface area contributed by atoms with Crippen LogP contribution in [0.4, 0.5) is 0 Å².